The predicted molar refractivity (Wildman–Crippen MR) is 107 cm³/mol. The van der Waals surface area contributed by atoms with Gasteiger partial charge >= 0.3 is 0 Å². The van der Waals surface area contributed by atoms with Crippen LogP contribution in [0.2, 0.25) is 0 Å². The van der Waals surface area contributed by atoms with Gasteiger partial charge in [0.25, 0.3) is 11.8 Å². The van der Waals surface area contributed by atoms with Gasteiger partial charge in [0.15, 0.2) is 0 Å². The molecule has 0 atom stereocenters. The summed E-state index contributed by atoms with van der Waals surface area (Å²) in [6, 6.07) is 11.2. The van der Waals surface area contributed by atoms with E-state index in [1.54, 1.807) is 37.3 Å². The molecule has 1 aliphatic heterocycles. The normalized spacial score (nSPS) is 15.9. The summed E-state index contributed by atoms with van der Waals surface area (Å²) in [6.45, 7) is 3.90. The topological polar surface area (TPSA) is 74.3 Å². The van der Waals surface area contributed by atoms with Crippen molar-refractivity contribution in [1.82, 2.24) is 4.90 Å². The molecule has 2 aromatic rings. The number of rotatable bonds is 6. The Bertz CT molecular complexity index is 1040. The van der Waals surface area contributed by atoms with Crippen LogP contribution in [0.25, 0.3) is 17.4 Å². The molecule has 5 nitrogen and oxygen atoms in total. The first kappa shape index (κ1) is 20.3. The maximum Gasteiger partial charge on any atom is 0.271 e. The molecule has 2 heterocycles. The first-order valence-corrected chi connectivity index (χ1v) is 9.51. The lowest BCUT2D eigenvalue weighted by molar-refractivity contribution is -0.140. The molecule has 3 rings (SSSR count). The summed E-state index contributed by atoms with van der Waals surface area (Å²) >= 11 is 0. The Balaban J connectivity index is 1.95. The largest absolute Gasteiger partial charge is 0.457 e. The van der Waals surface area contributed by atoms with Crippen molar-refractivity contribution in [2.45, 2.75) is 33.1 Å². The van der Waals surface area contributed by atoms with Crippen molar-refractivity contribution in [3.63, 3.8) is 0 Å². The van der Waals surface area contributed by atoms with Gasteiger partial charge < -0.3 is 4.42 Å². The van der Waals surface area contributed by atoms with Crippen LogP contribution >= 0.6 is 0 Å². The first-order chi connectivity index (χ1) is 14.0. The molecule has 0 N–H and O–H groups in total. The maximum absolute atomic E-state index is 13.1. The zero-order valence-electron chi connectivity index (χ0n) is 16.4. The second-order valence-electron chi connectivity index (χ2n) is 6.85. The third-order valence-corrected chi connectivity index (χ3v) is 4.85. The van der Waals surface area contributed by atoms with E-state index in [0.29, 0.717) is 29.1 Å². The van der Waals surface area contributed by atoms with Crippen LogP contribution in [-0.2, 0) is 9.59 Å². The number of benzene rings is 1. The van der Waals surface area contributed by atoms with Gasteiger partial charge in [0, 0.05) is 17.7 Å². The lowest BCUT2D eigenvalue weighted by atomic mass is 9.94. The molecule has 0 saturated carbocycles. The van der Waals surface area contributed by atoms with E-state index in [0.717, 1.165) is 17.7 Å². The van der Waals surface area contributed by atoms with E-state index in [-0.39, 0.29) is 23.5 Å². The Morgan fingerprint density at radius 3 is 2.48 bits per heavy atom. The minimum absolute atomic E-state index is 0.0299. The fourth-order valence-corrected chi connectivity index (χ4v) is 3.19. The van der Waals surface area contributed by atoms with Crippen molar-refractivity contribution >= 4 is 17.9 Å². The highest BCUT2D eigenvalue weighted by Crippen LogP contribution is 2.29. The van der Waals surface area contributed by atoms with Gasteiger partial charge in [-0.05, 0) is 61.4 Å². The Labute approximate surface area is 168 Å². The quantitative estimate of drug-likeness (QED) is 0.399. The van der Waals surface area contributed by atoms with Gasteiger partial charge in [-0.2, -0.15) is 5.26 Å². The number of hydrogen-bond donors (Lipinski definition) is 0. The van der Waals surface area contributed by atoms with E-state index < -0.39 is 11.8 Å². The van der Waals surface area contributed by atoms with Gasteiger partial charge in [-0.1, -0.05) is 19.8 Å². The third-order valence-electron chi connectivity index (χ3n) is 4.85. The number of carbonyl (C=O) groups excluding carboxylic acids is 2. The van der Waals surface area contributed by atoms with Crippen LogP contribution in [0.4, 0.5) is 4.39 Å². The third kappa shape index (κ3) is 4.19. The smallest absolute Gasteiger partial charge is 0.271 e. The van der Waals surface area contributed by atoms with Crippen molar-refractivity contribution < 1.29 is 18.4 Å². The molecule has 0 radical (unpaired) electrons. The number of nitrogens with zero attached hydrogens (tertiary/aromatic N) is 2. The lowest BCUT2D eigenvalue weighted by Gasteiger charge is -2.27. The molecule has 0 fully saturated rings. The summed E-state index contributed by atoms with van der Waals surface area (Å²) in [6.07, 6.45) is 4.08. The van der Waals surface area contributed by atoms with E-state index in [4.69, 9.17) is 4.42 Å². The number of carbonyl (C=O) groups is 2. The first-order valence-electron chi connectivity index (χ1n) is 9.51. The minimum Gasteiger partial charge on any atom is -0.457 e. The lowest BCUT2D eigenvalue weighted by Crippen LogP contribution is -2.43. The van der Waals surface area contributed by atoms with Gasteiger partial charge in [0.1, 0.15) is 29.0 Å². The molecular formula is C23H21FN2O3. The highest BCUT2D eigenvalue weighted by Gasteiger charge is 2.35. The summed E-state index contributed by atoms with van der Waals surface area (Å²) in [5.41, 5.74) is 1.27. The molecule has 1 aliphatic rings. The van der Waals surface area contributed by atoms with E-state index in [2.05, 4.69) is 0 Å². The summed E-state index contributed by atoms with van der Waals surface area (Å²) in [7, 11) is 0. The molecule has 0 saturated heterocycles. The molecule has 0 aliphatic carbocycles. The minimum atomic E-state index is -0.547. The van der Waals surface area contributed by atoms with E-state index >= 15 is 0 Å². The Morgan fingerprint density at radius 1 is 1.10 bits per heavy atom. The monoisotopic (exact) mass is 392 g/mol. The highest BCUT2D eigenvalue weighted by atomic mass is 19.1. The number of amides is 2. The van der Waals surface area contributed by atoms with Crippen molar-refractivity contribution in [3.05, 3.63) is 64.7 Å². The molecule has 148 valence electrons. The van der Waals surface area contributed by atoms with E-state index in [1.165, 1.54) is 12.1 Å². The molecule has 29 heavy (non-hydrogen) atoms. The summed E-state index contributed by atoms with van der Waals surface area (Å²) in [5.74, 6) is -0.379. The fraction of sp³-hybridized carbons (Fsp3) is 0.261. The van der Waals surface area contributed by atoms with Crippen LogP contribution in [0.3, 0.4) is 0 Å². The van der Waals surface area contributed by atoms with Crippen LogP contribution in [-0.4, -0.2) is 23.3 Å². The van der Waals surface area contributed by atoms with Gasteiger partial charge in [-0.3, -0.25) is 14.5 Å². The number of halogens is 1. The van der Waals surface area contributed by atoms with Crippen molar-refractivity contribution in [2.75, 3.05) is 6.54 Å². The molecule has 1 aromatic heterocycles. The zero-order valence-corrected chi connectivity index (χ0v) is 16.4. The van der Waals surface area contributed by atoms with Gasteiger partial charge in [-0.15, -0.1) is 0 Å². The molecule has 0 unspecified atom stereocenters. The SMILES string of the molecule is CCCCCN1C(=O)C(=Cc2ccc(-c3ccc(F)cc3)o2)C(C)=C(C#N)C1=O. The highest BCUT2D eigenvalue weighted by molar-refractivity contribution is 6.19. The number of nitriles is 1. The Morgan fingerprint density at radius 2 is 1.83 bits per heavy atom. The van der Waals surface area contributed by atoms with Gasteiger partial charge in [0.05, 0.1) is 0 Å². The average molecular weight is 392 g/mol. The number of imide groups is 1. The van der Waals surface area contributed by atoms with Gasteiger partial charge in [0.2, 0.25) is 0 Å². The average Bonchev–Trinajstić information content (AvgIpc) is 3.17. The molecule has 0 spiro atoms. The molecule has 0 bridgehead atoms. The van der Waals surface area contributed by atoms with Crippen molar-refractivity contribution in [3.8, 4) is 17.4 Å². The summed E-state index contributed by atoms with van der Waals surface area (Å²) in [4.78, 5) is 26.6. The maximum atomic E-state index is 13.1. The Hall–Kier alpha value is -3.46. The standard InChI is InChI=1S/C23H21FN2O3/c1-3-4-5-12-26-22(27)19(15(2)20(14-25)23(26)28)13-18-10-11-21(29-18)16-6-8-17(24)9-7-16/h6-11,13H,3-5,12H2,1-2H3. The van der Waals surface area contributed by atoms with E-state index in [9.17, 15) is 19.2 Å². The van der Waals surface area contributed by atoms with Crippen molar-refractivity contribution in [2.24, 2.45) is 0 Å². The van der Waals surface area contributed by atoms with Crippen molar-refractivity contribution in [1.29, 1.82) is 5.26 Å². The number of hydrogen-bond acceptors (Lipinski definition) is 4. The number of unbranched alkanes of at least 4 members (excludes halogenated alkanes) is 2. The summed E-state index contributed by atoms with van der Waals surface area (Å²) in [5, 5.41) is 9.42. The molecule has 6 heteroatoms. The van der Waals surface area contributed by atoms with Crippen LogP contribution < -0.4 is 0 Å². The van der Waals surface area contributed by atoms with E-state index in [1.807, 2.05) is 13.0 Å². The Kier molecular flexibility index (Phi) is 6.08. The fourth-order valence-electron chi connectivity index (χ4n) is 3.19. The van der Waals surface area contributed by atoms with Crippen LogP contribution in [0.15, 0.2) is 57.5 Å². The second-order valence-corrected chi connectivity index (χ2v) is 6.85. The predicted octanol–water partition coefficient (Wildman–Crippen LogP) is 4.87. The van der Waals surface area contributed by atoms with Crippen LogP contribution in [0, 0.1) is 17.1 Å². The molecular weight excluding hydrogens is 371 g/mol. The molecule has 1 aromatic carbocycles. The van der Waals surface area contributed by atoms with Crippen LogP contribution in [0.5, 0.6) is 0 Å². The molecule has 2 amide bonds. The van der Waals surface area contributed by atoms with Gasteiger partial charge in [-0.25, -0.2) is 4.39 Å². The number of furan rings is 1. The van der Waals surface area contributed by atoms with Crippen LogP contribution in [0.1, 0.15) is 38.9 Å². The summed E-state index contributed by atoms with van der Waals surface area (Å²) < 4.78 is 18.9. The zero-order chi connectivity index (χ0) is 21.0. The second kappa shape index (κ2) is 8.70.